The van der Waals surface area contributed by atoms with Crippen LogP contribution in [0, 0.1) is 0 Å². The summed E-state index contributed by atoms with van der Waals surface area (Å²) in [6, 6.07) is 0.351. The Morgan fingerprint density at radius 3 is 2.53 bits per heavy atom. The molecule has 1 unspecified atom stereocenters. The van der Waals surface area contributed by atoms with Gasteiger partial charge in [0.2, 0.25) is 0 Å². The number of hydrogen-bond acceptors (Lipinski definition) is 4. The molecule has 15 heavy (non-hydrogen) atoms. The second-order valence-corrected chi connectivity index (χ2v) is 3.68. The molecule has 90 valence electrons. The first-order chi connectivity index (χ1) is 7.15. The largest absolute Gasteiger partial charge is 0.468 e. The minimum Gasteiger partial charge on any atom is -0.468 e. The van der Waals surface area contributed by atoms with E-state index >= 15 is 0 Å². The molecular weight excluding hydrogens is 194 g/mol. The first-order valence-corrected chi connectivity index (χ1v) is 5.45. The van der Waals surface area contributed by atoms with Crippen LogP contribution in [0.5, 0.6) is 0 Å². The zero-order valence-corrected chi connectivity index (χ0v) is 10.3. The summed E-state index contributed by atoms with van der Waals surface area (Å²) in [5, 5.41) is 0. The molecule has 0 saturated heterocycles. The van der Waals surface area contributed by atoms with Crippen LogP contribution in [0.1, 0.15) is 26.7 Å². The van der Waals surface area contributed by atoms with Crippen molar-refractivity contribution in [3.8, 4) is 0 Å². The highest BCUT2D eigenvalue weighted by molar-refractivity contribution is 5.71. The van der Waals surface area contributed by atoms with Crippen LogP contribution in [0.15, 0.2) is 0 Å². The molecule has 0 aliphatic heterocycles. The van der Waals surface area contributed by atoms with Gasteiger partial charge in [-0.25, -0.2) is 0 Å². The lowest BCUT2D eigenvalue weighted by Crippen LogP contribution is -2.39. The minimum atomic E-state index is -0.173. The fraction of sp³-hybridized carbons (Fsp3) is 0.909. The quantitative estimate of drug-likeness (QED) is 0.574. The minimum absolute atomic E-state index is 0.173. The van der Waals surface area contributed by atoms with Crippen LogP contribution in [-0.2, 0) is 14.3 Å². The van der Waals surface area contributed by atoms with Gasteiger partial charge < -0.3 is 9.47 Å². The van der Waals surface area contributed by atoms with E-state index in [1.54, 1.807) is 7.11 Å². The standard InChI is InChI=1S/C11H23NO3/c1-5-7-12(9-11(13)15-4)10(2)6-8-14-3/h10H,5-9H2,1-4H3. The zero-order chi connectivity index (χ0) is 11.7. The van der Waals surface area contributed by atoms with Gasteiger partial charge in [0.15, 0.2) is 0 Å². The molecule has 4 heteroatoms. The average Bonchev–Trinajstić information content (AvgIpc) is 2.24. The monoisotopic (exact) mass is 217 g/mol. The third-order valence-electron chi connectivity index (χ3n) is 2.43. The molecule has 0 bridgehead atoms. The smallest absolute Gasteiger partial charge is 0.319 e. The van der Waals surface area contributed by atoms with E-state index in [1.807, 2.05) is 0 Å². The Labute approximate surface area is 92.5 Å². The van der Waals surface area contributed by atoms with E-state index in [9.17, 15) is 4.79 Å². The molecule has 0 aromatic rings. The summed E-state index contributed by atoms with van der Waals surface area (Å²) >= 11 is 0. The van der Waals surface area contributed by atoms with E-state index in [-0.39, 0.29) is 5.97 Å². The van der Waals surface area contributed by atoms with Crippen molar-refractivity contribution in [1.29, 1.82) is 0 Å². The Hall–Kier alpha value is -0.610. The zero-order valence-electron chi connectivity index (χ0n) is 10.3. The molecule has 0 aromatic heterocycles. The third kappa shape index (κ3) is 6.47. The van der Waals surface area contributed by atoms with E-state index in [0.29, 0.717) is 12.6 Å². The summed E-state index contributed by atoms with van der Waals surface area (Å²) in [5.74, 6) is -0.173. The van der Waals surface area contributed by atoms with E-state index in [1.165, 1.54) is 7.11 Å². The van der Waals surface area contributed by atoms with Crippen LogP contribution in [0.2, 0.25) is 0 Å². The van der Waals surface area contributed by atoms with E-state index in [2.05, 4.69) is 23.5 Å². The molecule has 0 aliphatic rings. The van der Waals surface area contributed by atoms with Crippen molar-refractivity contribution >= 4 is 5.97 Å². The maximum absolute atomic E-state index is 11.2. The van der Waals surface area contributed by atoms with Gasteiger partial charge in [-0.2, -0.15) is 0 Å². The van der Waals surface area contributed by atoms with E-state index in [4.69, 9.17) is 4.74 Å². The van der Waals surface area contributed by atoms with Gasteiger partial charge in [0.1, 0.15) is 0 Å². The Morgan fingerprint density at radius 1 is 1.40 bits per heavy atom. The fourth-order valence-corrected chi connectivity index (χ4v) is 1.44. The first-order valence-electron chi connectivity index (χ1n) is 5.45. The molecule has 0 fully saturated rings. The van der Waals surface area contributed by atoms with Gasteiger partial charge in [-0.05, 0) is 26.3 Å². The fourth-order valence-electron chi connectivity index (χ4n) is 1.44. The van der Waals surface area contributed by atoms with Gasteiger partial charge in [-0.15, -0.1) is 0 Å². The van der Waals surface area contributed by atoms with Crippen LogP contribution in [0.3, 0.4) is 0 Å². The van der Waals surface area contributed by atoms with Crippen LogP contribution < -0.4 is 0 Å². The predicted molar refractivity (Wildman–Crippen MR) is 59.8 cm³/mol. The SMILES string of the molecule is CCCN(CC(=O)OC)C(C)CCOC. The van der Waals surface area contributed by atoms with Gasteiger partial charge in [0.05, 0.1) is 13.7 Å². The number of rotatable bonds is 8. The molecular formula is C11H23NO3. The predicted octanol–water partition coefficient (Wildman–Crippen LogP) is 1.30. The number of methoxy groups -OCH3 is 2. The maximum atomic E-state index is 11.2. The van der Waals surface area contributed by atoms with E-state index < -0.39 is 0 Å². The summed E-state index contributed by atoms with van der Waals surface area (Å²) in [6.07, 6.45) is 1.97. The summed E-state index contributed by atoms with van der Waals surface area (Å²) in [4.78, 5) is 13.3. The van der Waals surface area contributed by atoms with Crippen molar-refractivity contribution in [1.82, 2.24) is 4.90 Å². The molecule has 0 amide bonds. The summed E-state index contributed by atoms with van der Waals surface area (Å²) in [5.41, 5.74) is 0. The van der Waals surface area contributed by atoms with E-state index in [0.717, 1.165) is 26.0 Å². The lowest BCUT2D eigenvalue weighted by atomic mass is 10.2. The number of carbonyl (C=O) groups excluding carboxylic acids is 1. The van der Waals surface area contributed by atoms with Crippen LogP contribution in [-0.4, -0.2) is 50.8 Å². The number of esters is 1. The van der Waals surface area contributed by atoms with Crippen LogP contribution in [0.4, 0.5) is 0 Å². The molecule has 0 spiro atoms. The number of nitrogens with zero attached hydrogens (tertiary/aromatic N) is 1. The number of carbonyl (C=O) groups is 1. The molecule has 4 nitrogen and oxygen atoms in total. The molecule has 0 radical (unpaired) electrons. The molecule has 0 aliphatic carbocycles. The highest BCUT2D eigenvalue weighted by Crippen LogP contribution is 2.05. The van der Waals surface area contributed by atoms with Gasteiger partial charge in [-0.1, -0.05) is 6.92 Å². The molecule has 0 aromatic carbocycles. The van der Waals surface area contributed by atoms with Gasteiger partial charge in [0, 0.05) is 19.8 Å². The first kappa shape index (κ1) is 14.4. The highest BCUT2D eigenvalue weighted by atomic mass is 16.5. The molecule has 0 N–H and O–H groups in total. The Bertz CT molecular complexity index is 173. The summed E-state index contributed by atoms with van der Waals surface area (Å²) < 4.78 is 9.70. The molecule has 0 rings (SSSR count). The molecule has 1 atom stereocenters. The Kier molecular flexibility index (Phi) is 8.33. The number of ether oxygens (including phenoxy) is 2. The van der Waals surface area contributed by atoms with Crippen molar-refractivity contribution in [2.45, 2.75) is 32.7 Å². The Morgan fingerprint density at radius 2 is 2.07 bits per heavy atom. The molecule has 0 saturated carbocycles. The topological polar surface area (TPSA) is 38.8 Å². The average molecular weight is 217 g/mol. The van der Waals surface area contributed by atoms with Crippen molar-refractivity contribution in [2.24, 2.45) is 0 Å². The Balaban J connectivity index is 4.05. The summed E-state index contributed by atoms with van der Waals surface area (Å²) in [6.45, 7) is 6.22. The van der Waals surface area contributed by atoms with Crippen LogP contribution >= 0.6 is 0 Å². The van der Waals surface area contributed by atoms with Crippen molar-refractivity contribution in [3.63, 3.8) is 0 Å². The van der Waals surface area contributed by atoms with Crippen molar-refractivity contribution in [2.75, 3.05) is 33.9 Å². The van der Waals surface area contributed by atoms with Crippen molar-refractivity contribution in [3.05, 3.63) is 0 Å². The maximum Gasteiger partial charge on any atom is 0.319 e. The molecule has 0 heterocycles. The van der Waals surface area contributed by atoms with Gasteiger partial charge in [0.25, 0.3) is 0 Å². The lowest BCUT2D eigenvalue weighted by Gasteiger charge is -2.27. The van der Waals surface area contributed by atoms with Gasteiger partial charge >= 0.3 is 5.97 Å². The van der Waals surface area contributed by atoms with Gasteiger partial charge in [-0.3, -0.25) is 9.69 Å². The second kappa shape index (κ2) is 8.68. The third-order valence-corrected chi connectivity index (χ3v) is 2.43. The number of hydrogen-bond donors (Lipinski definition) is 0. The normalized spacial score (nSPS) is 12.9. The van der Waals surface area contributed by atoms with Crippen molar-refractivity contribution < 1.29 is 14.3 Å². The van der Waals surface area contributed by atoms with Crippen LogP contribution in [0.25, 0.3) is 0 Å². The lowest BCUT2D eigenvalue weighted by molar-refractivity contribution is -0.142. The summed E-state index contributed by atoms with van der Waals surface area (Å²) in [7, 11) is 3.11. The second-order valence-electron chi connectivity index (χ2n) is 3.68. The highest BCUT2D eigenvalue weighted by Gasteiger charge is 2.16.